The van der Waals surface area contributed by atoms with Crippen molar-refractivity contribution in [1.82, 2.24) is 5.43 Å². The molecule has 0 amide bonds. The monoisotopic (exact) mass is 178 g/mol. The van der Waals surface area contributed by atoms with Gasteiger partial charge in [0.1, 0.15) is 0 Å². The number of aryl methyl sites for hydroxylation is 1. The summed E-state index contributed by atoms with van der Waals surface area (Å²) in [6.45, 7) is 2.10. The van der Waals surface area contributed by atoms with Crippen molar-refractivity contribution in [2.45, 2.75) is 32.2 Å². The van der Waals surface area contributed by atoms with E-state index in [1.54, 1.807) is 0 Å². The minimum Gasteiger partial charge on any atom is -0.271 e. The van der Waals surface area contributed by atoms with Crippen LogP contribution in [0.3, 0.4) is 0 Å². The number of rotatable bonds is 5. The van der Waals surface area contributed by atoms with Gasteiger partial charge in [0.15, 0.2) is 0 Å². The largest absolute Gasteiger partial charge is 0.271 e. The Bertz CT molecular complexity index is 221. The molecule has 1 rings (SSSR count). The molecule has 0 spiro atoms. The van der Waals surface area contributed by atoms with E-state index in [9.17, 15) is 0 Å². The average molecular weight is 178 g/mol. The van der Waals surface area contributed by atoms with Gasteiger partial charge in [0.05, 0.1) is 0 Å². The fourth-order valence-corrected chi connectivity index (χ4v) is 1.34. The molecule has 72 valence electrons. The van der Waals surface area contributed by atoms with Gasteiger partial charge in [-0.25, -0.2) is 0 Å². The third-order valence-electron chi connectivity index (χ3n) is 2.23. The van der Waals surface area contributed by atoms with E-state index in [0.29, 0.717) is 6.04 Å². The molecule has 13 heavy (non-hydrogen) atoms. The van der Waals surface area contributed by atoms with E-state index in [2.05, 4.69) is 36.6 Å². The second kappa shape index (κ2) is 5.73. The van der Waals surface area contributed by atoms with Crippen molar-refractivity contribution in [2.75, 3.05) is 0 Å². The first-order chi connectivity index (χ1) is 6.33. The second-order valence-corrected chi connectivity index (χ2v) is 3.45. The summed E-state index contributed by atoms with van der Waals surface area (Å²) in [7, 11) is 0. The molecule has 0 fully saturated rings. The highest BCUT2D eigenvalue weighted by molar-refractivity contribution is 5.14. The third-order valence-corrected chi connectivity index (χ3v) is 2.23. The van der Waals surface area contributed by atoms with Gasteiger partial charge in [0, 0.05) is 6.04 Å². The van der Waals surface area contributed by atoms with Crippen LogP contribution in [0.25, 0.3) is 0 Å². The molecule has 0 bridgehead atoms. The van der Waals surface area contributed by atoms with E-state index in [-0.39, 0.29) is 0 Å². The molecule has 0 aliphatic carbocycles. The number of nitrogens with two attached hydrogens (primary N) is 1. The number of hydrogen-bond acceptors (Lipinski definition) is 2. The first kappa shape index (κ1) is 10.2. The molecule has 0 saturated carbocycles. The lowest BCUT2D eigenvalue weighted by molar-refractivity contribution is 0.513. The van der Waals surface area contributed by atoms with E-state index in [4.69, 9.17) is 5.84 Å². The highest BCUT2D eigenvalue weighted by Gasteiger charge is 1.98. The zero-order valence-corrected chi connectivity index (χ0v) is 8.16. The molecular formula is C11H18N2. The number of hydrogen-bond donors (Lipinski definition) is 2. The lowest BCUT2D eigenvalue weighted by atomic mass is 10.1. The molecule has 2 nitrogen and oxygen atoms in total. The summed E-state index contributed by atoms with van der Waals surface area (Å²) < 4.78 is 0. The van der Waals surface area contributed by atoms with Crippen molar-refractivity contribution in [3.05, 3.63) is 35.9 Å². The predicted molar refractivity (Wildman–Crippen MR) is 56.2 cm³/mol. The fraction of sp³-hybridized carbons (Fsp3) is 0.455. The van der Waals surface area contributed by atoms with Gasteiger partial charge in [0.2, 0.25) is 0 Å². The van der Waals surface area contributed by atoms with Crippen molar-refractivity contribution < 1.29 is 0 Å². The van der Waals surface area contributed by atoms with E-state index in [0.717, 1.165) is 12.8 Å². The minimum atomic E-state index is 0.420. The number of hydrazine groups is 1. The van der Waals surface area contributed by atoms with Gasteiger partial charge in [-0.05, 0) is 31.7 Å². The van der Waals surface area contributed by atoms with Crippen LogP contribution in [0.4, 0.5) is 0 Å². The van der Waals surface area contributed by atoms with Gasteiger partial charge in [-0.3, -0.25) is 11.3 Å². The highest BCUT2D eigenvalue weighted by Crippen LogP contribution is 2.05. The van der Waals surface area contributed by atoms with Crippen molar-refractivity contribution in [3.8, 4) is 0 Å². The Labute approximate surface area is 80.1 Å². The van der Waals surface area contributed by atoms with Crippen molar-refractivity contribution in [2.24, 2.45) is 5.84 Å². The normalized spacial score (nSPS) is 12.8. The highest BCUT2D eigenvalue weighted by atomic mass is 15.2. The molecule has 0 aliphatic heterocycles. The molecule has 0 aromatic heterocycles. The summed E-state index contributed by atoms with van der Waals surface area (Å²) >= 11 is 0. The second-order valence-electron chi connectivity index (χ2n) is 3.45. The Morgan fingerprint density at radius 1 is 1.31 bits per heavy atom. The van der Waals surface area contributed by atoms with Gasteiger partial charge in [-0.1, -0.05) is 30.3 Å². The van der Waals surface area contributed by atoms with Crippen LogP contribution in [0.5, 0.6) is 0 Å². The summed E-state index contributed by atoms with van der Waals surface area (Å²) in [5.41, 5.74) is 4.16. The summed E-state index contributed by atoms with van der Waals surface area (Å²) in [6, 6.07) is 11.0. The van der Waals surface area contributed by atoms with Crippen LogP contribution in [0.1, 0.15) is 25.3 Å². The van der Waals surface area contributed by atoms with Gasteiger partial charge < -0.3 is 0 Å². The first-order valence-corrected chi connectivity index (χ1v) is 4.83. The van der Waals surface area contributed by atoms with Crippen molar-refractivity contribution >= 4 is 0 Å². The smallest absolute Gasteiger partial charge is 0.0182 e. The van der Waals surface area contributed by atoms with E-state index in [1.165, 1.54) is 12.0 Å². The van der Waals surface area contributed by atoms with Crippen LogP contribution in [0.15, 0.2) is 30.3 Å². The standard InChI is InChI=1S/C11H18N2/c1-10(13-12)6-5-9-11-7-3-2-4-8-11/h2-4,7-8,10,13H,5-6,9,12H2,1H3. The van der Waals surface area contributed by atoms with Crippen molar-refractivity contribution in [3.63, 3.8) is 0 Å². The molecule has 2 heteroatoms. The maximum absolute atomic E-state index is 5.30. The van der Waals surface area contributed by atoms with E-state index < -0.39 is 0 Å². The fourth-order valence-electron chi connectivity index (χ4n) is 1.34. The molecule has 1 aromatic rings. The average Bonchev–Trinajstić information content (AvgIpc) is 2.19. The lowest BCUT2D eigenvalue weighted by Crippen LogP contribution is -2.32. The van der Waals surface area contributed by atoms with Crippen LogP contribution in [-0.4, -0.2) is 6.04 Å². The quantitative estimate of drug-likeness (QED) is 0.533. The van der Waals surface area contributed by atoms with Crippen LogP contribution >= 0.6 is 0 Å². The molecule has 0 heterocycles. The van der Waals surface area contributed by atoms with Crippen LogP contribution < -0.4 is 11.3 Å². The first-order valence-electron chi connectivity index (χ1n) is 4.83. The Morgan fingerprint density at radius 2 is 2.00 bits per heavy atom. The molecule has 1 unspecified atom stereocenters. The molecule has 1 atom stereocenters. The van der Waals surface area contributed by atoms with E-state index in [1.807, 2.05) is 6.07 Å². The minimum absolute atomic E-state index is 0.420. The molecule has 0 radical (unpaired) electrons. The molecule has 0 aliphatic rings. The zero-order valence-electron chi connectivity index (χ0n) is 8.16. The van der Waals surface area contributed by atoms with Crippen LogP contribution in [0, 0.1) is 0 Å². The van der Waals surface area contributed by atoms with Gasteiger partial charge in [-0.15, -0.1) is 0 Å². The molecule has 1 aromatic carbocycles. The summed E-state index contributed by atoms with van der Waals surface area (Å²) in [5.74, 6) is 5.30. The Balaban J connectivity index is 2.20. The maximum Gasteiger partial charge on any atom is 0.0182 e. The van der Waals surface area contributed by atoms with Crippen molar-refractivity contribution in [1.29, 1.82) is 0 Å². The SMILES string of the molecule is CC(CCCc1ccccc1)NN. The number of nitrogens with one attached hydrogen (secondary N) is 1. The number of benzene rings is 1. The summed E-state index contributed by atoms with van der Waals surface area (Å²) in [5, 5.41) is 0. The van der Waals surface area contributed by atoms with Gasteiger partial charge in [0.25, 0.3) is 0 Å². The van der Waals surface area contributed by atoms with Gasteiger partial charge in [-0.2, -0.15) is 0 Å². The summed E-state index contributed by atoms with van der Waals surface area (Å²) in [6.07, 6.45) is 3.47. The zero-order chi connectivity index (χ0) is 9.52. The van der Waals surface area contributed by atoms with Crippen LogP contribution in [0.2, 0.25) is 0 Å². The Hall–Kier alpha value is -0.860. The Morgan fingerprint density at radius 3 is 2.62 bits per heavy atom. The molecule has 3 N–H and O–H groups in total. The van der Waals surface area contributed by atoms with Gasteiger partial charge >= 0.3 is 0 Å². The molecule has 0 saturated heterocycles. The molecular weight excluding hydrogens is 160 g/mol. The topological polar surface area (TPSA) is 38.0 Å². The van der Waals surface area contributed by atoms with E-state index >= 15 is 0 Å². The maximum atomic E-state index is 5.30. The summed E-state index contributed by atoms with van der Waals surface area (Å²) in [4.78, 5) is 0. The Kier molecular flexibility index (Phi) is 4.50. The lowest BCUT2D eigenvalue weighted by Gasteiger charge is -2.08. The van der Waals surface area contributed by atoms with Crippen LogP contribution in [-0.2, 0) is 6.42 Å². The predicted octanol–water partition coefficient (Wildman–Crippen LogP) is 1.86. The third kappa shape index (κ3) is 4.06.